The summed E-state index contributed by atoms with van der Waals surface area (Å²) in [7, 11) is 0. The molecule has 0 aromatic heterocycles. The minimum absolute atomic E-state index is 0.104. The zero-order chi connectivity index (χ0) is 12.9. The van der Waals surface area contributed by atoms with Crippen molar-refractivity contribution in [1.82, 2.24) is 4.90 Å². The van der Waals surface area contributed by atoms with Crippen LogP contribution in [0, 0.1) is 16.2 Å². The van der Waals surface area contributed by atoms with Crippen LogP contribution in [0.5, 0.6) is 0 Å². The number of carbonyl (C=O) groups is 2. The van der Waals surface area contributed by atoms with Crippen molar-refractivity contribution in [3.05, 3.63) is 0 Å². The predicted octanol–water partition coefficient (Wildman–Crippen LogP) is 2.25. The van der Waals surface area contributed by atoms with Gasteiger partial charge in [0.25, 0.3) is 0 Å². The molecule has 0 N–H and O–H groups in total. The summed E-state index contributed by atoms with van der Waals surface area (Å²) in [5.74, 6) is 0.164. The number of amides is 1. The summed E-state index contributed by atoms with van der Waals surface area (Å²) in [5, 5.41) is 0. The van der Waals surface area contributed by atoms with Crippen LogP contribution in [0.2, 0.25) is 0 Å². The number of rotatable bonds is 1. The Bertz CT molecular complexity index is 345. The Morgan fingerprint density at radius 1 is 1.06 bits per heavy atom. The van der Waals surface area contributed by atoms with Gasteiger partial charge in [0.15, 0.2) is 0 Å². The molecule has 1 saturated heterocycles. The smallest absolute Gasteiger partial charge is 0.219 e. The number of hydrogen-bond donors (Lipinski definition) is 0. The number of piperidine rings is 1. The second-order valence-corrected chi connectivity index (χ2v) is 7.30. The fourth-order valence-corrected chi connectivity index (χ4v) is 4.67. The number of likely N-dealkylation sites (tertiary alicyclic amines) is 1. The van der Waals surface area contributed by atoms with Crippen molar-refractivity contribution >= 4 is 12.2 Å². The average molecular weight is 237 g/mol. The molecule has 1 aliphatic carbocycles. The molecule has 1 amide bonds. The maximum Gasteiger partial charge on any atom is 0.219 e. The first-order valence-electron chi connectivity index (χ1n) is 6.41. The van der Waals surface area contributed by atoms with Crippen molar-refractivity contribution in [3.63, 3.8) is 0 Å². The van der Waals surface area contributed by atoms with E-state index in [1.54, 1.807) is 6.92 Å². The molecule has 1 heterocycles. The first-order valence-corrected chi connectivity index (χ1v) is 6.41. The molecule has 1 saturated carbocycles. The van der Waals surface area contributed by atoms with Crippen LogP contribution in [0.4, 0.5) is 0 Å². The predicted molar refractivity (Wildman–Crippen MR) is 66.5 cm³/mol. The van der Waals surface area contributed by atoms with Crippen molar-refractivity contribution < 1.29 is 9.59 Å². The fourth-order valence-electron chi connectivity index (χ4n) is 4.67. The van der Waals surface area contributed by atoms with Crippen molar-refractivity contribution in [1.29, 1.82) is 0 Å². The third-order valence-corrected chi connectivity index (χ3v) is 4.39. The minimum atomic E-state index is -0.204. The largest absolute Gasteiger partial charge is 0.342 e. The van der Waals surface area contributed by atoms with Crippen LogP contribution in [0.15, 0.2) is 0 Å². The molecule has 3 nitrogen and oxygen atoms in total. The molecule has 0 aromatic rings. The van der Waals surface area contributed by atoms with E-state index in [-0.39, 0.29) is 22.2 Å². The molecule has 2 fully saturated rings. The quantitative estimate of drug-likeness (QED) is 0.656. The normalized spacial score (nSPS) is 45.5. The second-order valence-electron chi connectivity index (χ2n) is 7.30. The Morgan fingerprint density at radius 3 is 1.88 bits per heavy atom. The van der Waals surface area contributed by atoms with Gasteiger partial charge in [0.2, 0.25) is 5.91 Å². The van der Waals surface area contributed by atoms with Crippen LogP contribution in [-0.4, -0.2) is 30.2 Å². The van der Waals surface area contributed by atoms with Gasteiger partial charge >= 0.3 is 0 Å². The molecule has 2 bridgehead atoms. The van der Waals surface area contributed by atoms with Gasteiger partial charge in [0, 0.05) is 25.4 Å². The Kier molecular flexibility index (Phi) is 2.64. The minimum Gasteiger partial charge on any atom is -0.342 e. The number of fused-ring (bicyclic) bond motifs is 2. The lowest BCUT2D eigenvalue weighted by atomic mass is 9.53. The van der Waals surface area contributed by atoms with Gasteiger partial charge < -0.3 is 9.69 Å². The molecule has 2 aliphatic rings. The third-order valence-electron chi connectivity index (χ3n) is 4.39. The fraction of sp³-hybridized carbons (Fsp3) is 0.857. The lowest BCUT2D eigenvalue weighted by Gasteiger charge is -2.57. The van der Waals surface area contributed by atoms with Gasteiger partial charge in [0.05, 0.1) is 0 Å². The highest BCUT2D eigenvalue weighted by atomic mass is 16.2. The highest BCUT2D eigenvalue weighted by Crippen LogP contribution is 2.56. The molecule has 0 spiro atoms. The highest BCUT2D eigenvalue weighted by Gasteiger charge is 2.53. The summed E-state index contributed by atoms with van der Waals surface area (Å²) in [6.07, 6.45) is 4.07. The lowest BCUT2D eigenvalue weighted by molar-refractivity contribution is -0.147. The van der Waals surface area contributed by atoms with Gasteiger partial charge in [-0.15, -0.1) is 0 Å². The monoisotopic (exact) mass is 237 g/mol. The summed E-state index contributed by atoms with van der Waals surface area (Å²) in [6, 6.07) is 0. The van der Waals surface area contributed by atoms with E-state index in [1.165, 1.54) is 0 Å². The molecular weight excluding hydrogens is 214 g/mol. The average Bonchev–Trinajstić information content (AvgIpc) is 2.12. The summed E-state index contributed by atoms with van der Waals surface area (Å²) in [5.41, 5.74) is 0.00376. The van der Waals surface area contributed by atoms with E-state index >= 15 is 0 Å². The molecule has 17 heavy (non-hydrogen) atoms. The SMILES string of the molecule is CC(=O)N1C[C@@]2(C)CC(C)(C=O)C[C@@](C)(C1)C2. The van der Waals surface area contributed by atoms with E-state index in [1.807, 2.05) is 4.90 Å². The van der Waals surface area contributed by atoms with E-state index < -0.39 is 0 Å². The maximum atomic E-state index is 11.6. The van der Waals surface area contributed by atoms with Gasteiger partial charge in [-0.3, -0.25) is 4.79 Å². The Labute approximate surface area is 104 Å². The third kappa shape index (κ3) is 2.24. The van der Waals surface area contributed by atoms with Gasteiger partial charge in [-0.1, -0.05) is 20.8 Å². The summed E-state index contributed by atoms with van der Waals surface area (Å²) in [6.45, 7) is 9.77. The molecule has 0 radical (unpaired) electrons. The van der Waals surface area contributed by atoms with Crippen LogP contribution in [0.25, 0.3) is 0 Å². The van der Waals surface area contributed by atoms with Crippen LogP contribution >= 0.6 is 0 Å². The molecule has 3 atom stereocenters. The second kappa shape index (κ2) is 3.56. The van der Waals surface area contributed by atoms with Crippen molar-refractivity contribution in [3.8, 4) is 0 Å². The first-order chi connectivity index (χ1) is 7.69. The Morgan fingerprint density at radius 2 is 1.53 bits per heavy atom. The highest BCUT2D eigenvalue weighted by molar-refractivity contribution is 5.73. The molecular formula is C14H23NO2. The molecule has 3 heteroatoms. The van der Waals surface area contributed by atoms with Gasteiger partial charge in [-0.05, 0) is 30.1 Å². The van der Waals surface area contributed by atoms with E-state index in [2.05, 4.69) is 20.8 Å². The van der Waals surface area contributed by atoms with Crippen molar-refractivity contribution in [2.45, 2.75) is 47.0 Å². The molecule has 1 aliphatic heterocycles. The summed E-state index contributed by atoms with van der Waals surface area (Å²) >= 11 is 0. The summed E-state index contributed by atoms with van der Waals surface area (Å²) in [4.78, 5) is 24.9. The number of hydrogen-bond acceptors (Lipinski definition) is 2. The van der Waals surface area contributed by atoms with Crippen LogP contribution in [-0.2, 0) is 9.59 Å². The standard InChI is InChI=1S/C14H23NO2/c1-11(17)15-8-12(2)5-13(3,9-15)7-14(4,6-12)10-16/h10H,5-9H2,1-4H3/t12-,13+,14?. The van der Waals surface area contributed by atoms with E-state index in [0.717, 1.165) is 38.6 Å². The molecule has 0 aromatic carbocycles. The first kappa shape index (κ1) is 12.6. The molecule has 96 valence electrons. The van der Waals surface area contributed by atoms with Crippen molar-refractivity contribution in [2.24, 2.45) is 16.2 Å². The van der Waals surface area contributed by atoms with Gasteiger partial charge in [-0.25, -0.2) is 0 Å². The van der Waals surface area contributed by atoms with Gasteiger partial charge in [-0.2, -0.15) is 0 Å². The van der Waals surface area contributed by atoms with Crippen LogP contribution in [0.1, 0.15) is 47.0 Å². The number of nitrogens with zero attached hydrogens (tertiary/aromatic N) is 1. The van der Waals surface area contributed by atoms with Gasteiger partial charge in [0.1, 0.15) is 6.29 Å². The zero-order valence-electron chi connectivity index (χ0n) is 11.4. The lowest BCUT2D eigenvalue weighted by Crippen LogP contribution is -2.58. The number of carbonyl (C=O) groups excluding carboxylic acids is 2. The van der Waals surface area contributed by atoms with E-state index in [9.17, 15) is 9.59 Å². The van der Waals surface area contributed by atoms with Crippen LogP contribution in [0.3, 0.4) is 0 Å². The Hall–Kier alpha value is -0.860. The zero-order valence-corrected chi connectivity index (χ0v) is 11.4. The molecule has 2 rings (SSSR count). The number of aldehydes is 1. The summed E-state index contributed by atoms with van der Waals surface area (Å²) < 4.78 is 0. The van der Waals surface area contributed by atoms with E-state index in [4.69, 9.17) is 0 Å². The Balaban J connectivity index is 2.31. The van der Waals surface area contributed by atoms with E-state index in [0.29, 0.717) is 0 Å². The van der Waals surface area contributed by atoms with Crippen LogP contribution < -0.4 is 0 Å². The molecule has 1 unspecified atom stereocenters. The van der Waals surface area contributed by atoms with Crippen molar-refractivity contribution in [2.75, 3.05) is 13.1 Å². The topological polar surface area (TPSA) is 37.4 Å². The maximum absolute atomic E-state index is 11.6.